The molecule has 1 aromatic rings. The summed E-state index contributed by atoms with van der Waals surface area (Å²) in [6.07, 6.45) is 1.90. The maximum absolute atomic E-state index is 9.86. The van der Waals surface area contributed by atoms with Gasteiger partial charge in [0.2, 0.25) is 0 Å². The molecule has 5 nitrogen and oxygen atoms in total. The Kier molecular flexibility index (Phi) is 3.81. The van der Waals surface area contributed by atoms with E-state index < -0.39 is 0 Å². The molecule has 17 heavy (non-hydrogen) atoms. The Labute approximate surface area is 105 Å². The SMILES string of the molecule is CC1CCN(c2ncnc(Cl)c2CO)CC1O. The second-order valence-electron chi connectivity index (χ2n) is 4.40. The van der Waals surface area contributed by atoms with Crippen LogP contribution < -0.4 is 4.90 Å². The first kappa shape index (κ1) is 12.5. The van der Waals surface area contributed by atoms with Crippen molar-refractivity contribution in [1.82, 2.24) is 9.97 Å². The Hall–Kier alpha value is -0.910. The highest BCUT2D eigenvalue weighted by Gasteiger charge is 2.26. The van der Waals surface area contributed by atoms with Crippen LogP contribution in [0, 0.1) is 5.92 Å². The summed E-state index contributed by atoms with van der Waals surface area (Å²) in [6.45, 7) is 3.15. The maximum Gasteiger partial charge on any atom is 0.140 e. The summed E-state index contributed by atoms with van der Waals surface area (Å²) in [5.41, 5.74) is 0.524. The van der Waals surface area contributed by atoms with Crippen LogP contribution in [0.25, 0.3) is 0 Å². The lowest BCUT2D eigenvalue weighted by Gasteiger charge is -2.35. The van der Waals surface area contributed by atoms with Crippen molar-refractivity contribution in [3.63, 3.8) is 0 Å². The molecule has 0 radical (unpaired) electrons. The number of hydrogen-bond acceptors (Lipinski definition) is 5. The molecule has 2 N–H and O–H groups in total. The van der Waals surface area contributed by atoms with Crippen molar-refractivity contribution in [2.75, 3.05) is 18.0 Å². The molecule has 2 atom stereocenters. The van der Waals surface area contributed by atoms with Crippen LogP contribution in [0.15, 0.2) is 6.33 Å². The first-order valence-electron chi connectivity index (χ1n) is 5.66. The molecule has 1 aliphatic rings. The van der Waals surface area contributed by atoms with Crippen LogP contribution in [-0.4, -0.2) is 39.4 Å². The predicted octanol–water partition coefficient (Wildman–Crippen LogP) is 0.829. The van der Waals surface area contributed by atoms with Gasteiger partial charge in [-0.1, -0.05) is 18.5 Å². The molecule has 2 rings (SSSR count). The molecule has 1 saturated heterocycles. The lowest BCUT2D eigenvalue weighted by atomic mass is 9.96. The van der Waals surface area contributed by atoms with Crippen LogP contribution >= 0.6 is 11.6 Å². The second-order valence-corrected chi connectivity index (χ2v) is 4.76. The summed E-state index contributed by atoms with van der Waals surface area (Å²) < 4.78 is 0. The normalized spacial score (nSPS) is 25.1. The zero-order valence-electron chi connectivity index (χ0n) is 9.67. The van der Waals surface area contributed by atoms with Crippen LogP contribution in [0.1, 0.15) is 18.9 Å². The Balaban J connectivity index is 2.25. The van der Waals surface area contributed by atoms with E-state index in [2.05, 4.69) is 9.97 Å². The van der Waals surface area contributed by atoms with Crippen molar-refractivity contribution in [3.8, 4) is 0 Å². The molecule has 94 valence electrons. The average molecular weight is 258 g/mol. The molecule has 0 spiro atoms. The Morgan fingerprint density at radius 1 is 1.53 bits per heavy atom. The summed E-state index contributed by atoms with van der Waals surface area (Å²) in [4.78, 5) is 9.95. The third-order valence-corrected chi connectivity index (χ3v) is 3.57. The van der Waals surface area contributed by atoms with Crippen LogP contribution in [0.5, 0.6) is 0 Å². The minimum Gasteiger partial charge on any atom is -0.391 e. The van der Waals surface area contributed by atoms with E-state index in [4.69, 9.17) is 11.6 Å². The molecule has 1 aliphatic heterocycles. The number of aliphatic hydroxyl groups excluding tert-OH is 2. The van der Waals surface area contributed by atoms with Crippen molar-refractivity contribution in [1.29, 1.82) is 0 Å². The number of hydrogen-bond donors (Lipinski definition) is 2. The van der Waals surface area contributed by atoms with Gasteiger partial charge in [-0.05, 0) is 12.3 Å². The first-order chi connectivity index (χ1) is 8.13. The molecule has 2 heterocycles. The summed E-state index contributed by atoms with van der Waals surface area (Å²) in [7, 11) is 0. The van der Waals surface area contributed by atoms with Gasteiger partial charge in [0.15, 0.2) is 0 Å². The molecular formula is C11H16ClN3O2. The zero-order valence-corrected chi connectivity index (χ0v) is 10.4. The number of rotatable bonds is 2. The molecule has 0 aromatic carbocycles. The number of nitrogens with zero attached hydrogens (tertiary/aromatic N) is 3. The van der Waals surface area contributed by atoms with Crippen LogP contribution in [0.2, 0.25) is 5.15 Å². The second kappa shape index (κ2) is 5.16. The van der Waals surface area contributed by atoms with Crippen molar-refractivity contribution in [3.05, 3.63) is 17.0 Å². The standard InChI is InChI=1S/C11H16ClN3O2/c1-7-2-3-15(4-9(7)17)11-8(5-16)10(12)13-6-14-11/h6-7,9,16-17H,2-5H2,1H3. The maximum atomic E-state index is 9.86. The number of aliphatic hydroxyl groups is 2. The topological polar surface area (TPSA) is 69.5 Å². The minimum atomic E-state index is -0.371. The molecular weight excluding hydrogens is 242 g/mol. The highest BCUT2D eigenvalue weighted by atomic mass is 35.5. The molecule has 0 saturated carbocycles. The molecule has 6 heteroatoms. The smallest absolute Gasteiger partial charge is 0.140 e. The van der Waals surface area contributed by atoms with Gasteiger partial charge in [-0.3, -0.25) is 0 Å². The molecule has 0 bridgehead atoms. The van der Waals surface area contributed by atoms with Gasteiger partial charge in [-0.2, -0.15) is 0 Å². The fourth-order valence-electron chi connectivity index (χ4n) is 2.03. The number of β-amino-alcohol motifs (C(OH)–C–C–N with tert-alkyl or cyclic N) is 1. The third-order valence-electron chi connectivity index (χ3n) is 3.25. The van der Waals surface area contributed by atoms with E-state index in [-0.39, 0.29) is 17.9 Å². The van der Waals surface area contributed by atoms with Crippen molar-refractivity contribution >= 4 is 17.4 Å². The highest BCUT2D eigenvalue weighted by Crippen LogP contribution is 2.27. The van der Waals surface area contributed by atoms with E-state index in [0.29, 0.717) is 23.8 Å². The van der Waals surface area contributed by atoms with Gasteiger partial charge < -0.3 is 15.1 Å². The number of piperidine rings is 1. The Morgan fingerprint density at radius 2 is 2.29 bits per heavy atom. The largest absolute Gasteiger partial charge is 0.391 e. The number of anilines is 1. The van der Waals surface area contributed by atoms with Crippen molar-refractivity contribution < 1.29 is 10.2 Å². The fourth-order valence-corrected chi connectivity index (χ4v) is 2.22. The predicted molar refractivity (Wildman–Crippen MR) is 65.0 cm³/mol. The minimum absolute atomic E-state index is 0.197. The summed E-state index contributed by atoms with van der Waals surface area (Å²) >= 11 is 5.91. The fraction of sp³-hybridized carbons (Fsp3) is 0.636. The number of halogens is 1. The van der Waals surface area contributed by atoms with E-state index in [0.717, 1.165) is 13.0 Å². The van der Waals surface area contributed by atoms with Crippen LogP contribution in [-0.2, 0) is 6.61 Å². The summed E-state index contributed by atoms with van der Waals surface area (Å²) in [6, 6.07) is 0. The summed E-state index contributed by atoms with van der Waals surface area (Å²) in [5.74, 6) is 0.916. The van der Waals surface area contributed by atoms with E-state index >= 15 is 0 Å². The van der Waals surface area contributed by atoms with E-state index in [9.17, 15) is 10.2 Å². The third kappa shape index (κ3) is 2.51. The lowest BCUT2D eigenvalue weighted by molar-refractivity contribution is 0.102. The van der Waals surface area contributed by atoms with Gasteiger partial charge in [0.05, 0.1) is 18.3 Å². The average Bonchev–Trinajstić information content (AvgIpc) is 2.32. The van der Waals surface area contributed by atoms with Gasteiger partial charge in [-0.15, -0.1) is 0 Å². The van der Waals surface area contributed by atoms with Crippen molar-refractivity contribution in [2.24, 2.45) is 5.92 Å². The van der Waals surface area contributed by atoms with Gasteiger partial charge in [-0.25, -0.2) is 9.97 Å². The molecule has 0 amide bonds. The first-order valence-corrected chi connectivity index (χ1v) is 6.04. The molecule has 1 fully saturated rings. The highest BCUT2D eigenvalue weighted by molar-refractivity contribution is 6.30. The van der Waals surface area contributed by atoms with Gasteiger partial charge in [0.1, 0.15) is 17.3 Å². The molecule has 1 aromatic heterocycles. The Morgan fingerprint density at radius 3 is 2.94 bits per heavy atom. The van der Waals surface area contributed by atoms with Crippen molar-refractivity contribution in [2.45, 2.75) is 26.1 Å². The van der Waals surface area contributed by atoms with Gasteiger partial charge in [0.25, 0.3) is 0 Å². The molecule has 2 unspecified atom stereocenters. The van der Waals surface area contributed by atoms with Gasteiger partial charge in [0, 0.05) is 13.1 Å². The van der Waals surface area contributed by atoms with E-state index in [1.165, 1.54) is 6.33 Å². The zero-order chi connectivity index (χ0) is 12.4. The van der Waals surface area contributed by atoms with E-state index in [1.807, 2.05) is 11.8 Å². The van der Waals surface area contributed by atoms with Crippen LogP contribution in [0.3, 0.4) is 0 Å². The van der Waals surface area contributed by atoms with Gasteiger partial charge >= 0.3 is 0 Å². The number of aromatic nitrogens is 2. The summed E-state index contributed by atoms with van der Waals surface area (Å²) in [5, 5.41) is 19.4. The molecule has 0 aliphatic carbocycles. The van der Waals surface area contributed by atoms with E-state index in [1.54, 1.807) is 0 Å². The van der Waals surface area contributed by atoms with Crippen LogP contribution in [0.4, 0.5) is 5.82 Å². The Bertz CT molecular complexity index is 402. The quantitative estimate of drug-likeness (QED) is 0.768. The lowest BCUT2D eigenvalue weighted by Crippen LogP contribution is -2.43. The monoisotopic (exact) mass is 257 g/mol.